The van der Waals surface area contributed by atoms with Crippen LogP contribution in [0.5, 0.6) is 0 Å². The summed E-state index contributed by atoms with van der Waals surface area (Å²) in [7, 11) is 1.60. The Kier molecular flexibility index (Phi) is 4.48. The first-order chi connectivity index (χ1) is 7.47. The van der Waals surface area contributed by atoms with Crippen molar-refractivity contribution in [2.75, 3.05) is 7.11 Å². The molecule has 0 aromatic heterocycles. The molecule has 0 aliphatic heterocycles. The zero-order chi connectivity index (χ0) is 12.3. The van der Waals surface area contributed by atoms with Crippen molar-refractivity contribution in [1.29, 1.82) is 0 Å². The molecule has 1 rings (SSSR count). The number of ether oxygens (including phenoxy) is 1. The molecule has 0 aliphatic rings. The number of hydrogen-bond acceptors (Lipinski definition) is 1. The molecule has 0 N–H and O–H groups in total. The van der Waals surface area contributed by atoms with Crippen LogP contribution in [0.2, 0.25) is 0 Å². The van der Waals surface area contributed by atoms with E-state index in [1.165, 1.54) is 0 Å². The summed E-state index contributed by atoms with van der Waals surface area (Å²) >= 11 is 0. The smallest absolute Gasteiger partial charge is 0.129 e. The van der Waals surface area contributed by atoms with Crippen LogP contribution >= 0.6 is 0 Å². The SMILES string of the molecule is COCc1c(F)cc(C(C)C)cc1C(C)C. The standard InChI is InChI=1S/C14H21FO/c1-9(2)11-6-12(10(3)4)13(8-16-5)14(15)7-11/h6-7,9-10H,8H2,1-5H3. The van der Waals surface area contributed by atoms with Crippen LogP contribution in [0.15, 0.2) is 12.1 Å². The molecule has 16 heavy (non-hydrogen) atoms. The lowest BCUT2D eigenvalue weighted by Gasteiger charge is -2.17. The van der Waals surface area contributed by atoms with Crippen molar-refractivity contribution < 1.29 is 9.13 Å². The number of methoxy groups -OCH3 is 1. The summed E-state index contributed by atoms with van der Waals surface area (Å²) in [6.45, 7) is 8.66. The summed E-state index contributed by atoms with van der Waals surface area (Å²) in [5.41, 5.74) is 2.81. The Hall–Kier alpha value is -0.890. The molecule has 0 spiro atoms. The predicted octanol–water partition coefficient (Wildman–Crippen LogP) is 4.22. The summed E-state index contributed by atoms with van der Waals surface area (Å²) < 4.78 is 19.0. The van der Waals surface area contributed by atoms with E-state index in [0.717, 1.165) is 11.1 Å². The molecule has 90 valence electrons. The first-order valence-electron chi connectivity index (χ1n) is 5.78. The Morgan fingerprint density at radius 1 is 1.12 bits per heavy atom. The van der Waals surface area contributed by atoms with Gasteiger partial charge in [0.15, 0.2) is 0 Å². The summed E-state index contributed by atoms with van der Waals surface area (Å²) in [5, 5.41) is 0. The molecule has 0 radical (unpaired) electrons. The molecule has 0 bridgehead atoms. The molecule has 0 fully saturated rings. The van der Waals surface area contributed by atoms with Gasteiger partial charge in [-0.05, 0) is 29.0 Å². The maximum Gasteiger partial charge on any atom is 0.129 e. The van der Waals surface area contributed by atoms with Gasteiger partial charge in [-0.15, -0.1) is 0 Å². The van der Waals surface area contributed by atoms with E-state index in [4.69, 9.17) is 4.74 Å². The van der Waals surface area contributed by atoms with Gasteiger partial charge in [-0.1, -0.05) is 33.8 Å². The van der Waals surface area contributed by atoms with E-state index in [0.29, 0.717) is 24.0 Å². The van der Waals surface area contributed by atoms with Crippen molar-refractivity contribution in [3.8, 4) is 0 Å². The highest BCUT2D eigenvalue weighted by atomic mass is 19.1. The third-order valence-corrected chi connectivity index (χ3v) is 2.83. The van der Waals surface area contributed by atoms with Gasteiger partial charge in [-0.3, -0.25) is 0 Å². The van der Waals surface area contributed by atoms with E-state index in [9.17, 15) is 4.39 Å². The largest absolute Gasteiger partial charge is 0.380 e. The first-order valence-corrected chi connectivity index (χ1v) is 5.78. The Bertz CT molecular complexity index is 356. The average Bonchev–Trinajstić information content (AvgIpc) is 2.20. The average molecular weight is 224 g/mol. The molecule has 1 nitrogen and oxygen atoms in total. The Labute approximate surface area is 97.6 Å². The van der Waals surface area contributed by atoms with Crippen molar-refractivity contribution in [2.45, 2.75) is 46.1 Å². The van der Waals surface area contributed by atoms with Crippen LogP contribution in [0, 0.1) is 5.82 Å². The van der Waals surface area contributed by atoms with Crippen LogP contribution in [-0.4, -0.2) is 7.11 Å². The number of benzene rings is 1. The number of rotatable bonds is 4. The maximum absolute atomic E-state index is 13.9. The fourth-order valence-electron chi connectivity index (χ4n) is 1.82. The third kappa shape index (κ3) is 2.82. The predicted molar refractivity (Wildman–Crippen MR) is 65.3 cm³/mol. The second-order valence-electron chi connectivity index (χ2n) is 4.81. The van der Waals surface area contributed by atoms with Crippen LogP contribution in [0.4, 0.5) is 4.39 Å². The minimum absolute atomic E-state index is 0.142. The van der Waals surface area contributed by atoms with Gasteiger partial charge >= 0.3 is 0 Å². The van der Waals surface area contributed by atoms with Crippen molar-refractivity contribution >= 4 is 0 Å². The highest BCUT2D eigenvalue weighted by Gasteiger charge is 2.14. The van der Waals surface area contributed by atoms with Gasteiger partial charge in [0.05, 0.1) is 6.61 Å². The van der Waals surface area contributed by atoms with E-state index < -0.39 is 0 Å². The van der Waals surface area contributed by atoms with Crippen LogP contribution < -0.4 is 0 Å². The van der Waals surface area contributed by atoms with E-state index in [-0.39, 0.29) is 5.82 Å². The van der Waals surface area contributed by atoms with Crippen LogP contribution in [0.1, 0.15) is 56.2 Å². The van der Waals surface area contributed by atoms with Gasteiger partial charge in [0.2, 0.25) is 0 Å². The van der Waals surface area contributed by atoms with Gasteiger partial charge < -0.3 is 4.74 Å². The molecule has 0 amide bonds. The van der Waals surface area contributed by atoms with Gasteiger partial charge in [-0.2, -0.15) is 0 Å². The van der Waals surface area contributed by atoms with Crippen molar-refractivity contribution in [1.82, 2.24) is 0 Å². The van der Waals surface area contributed by atoms with E-state index in [1.54, 1.807) is 13.2 Å². The summed E-state index contributed by atoms with van der Waals surface area (Å²) in [4.78, 5) is 0. The molecular weight excluding hydrogens is 203 g/mol. The molecule has 0 unspecified atom stereocenters. The Balaban J connectivity index is 3.27. The molecule has 0 atom stereocenters. The Morgan fingerprint density at radius 3 is 2.19 bits per heavy atom. The first kappa shape index (κ1) is 13.2. The second-order valence-corrected chi connectivity index (χ2v) is 4.81. The van der Waals surface area contributed by atoms with Gasteiger partial charge in [-0.25, -0.2) is 4.39 Å². The highest BCUT2D eigenvalue weighted by molar-refractivity contribution is 5.36. The lowest BCUT2D eigenvalue weighted by Crippen LogP contribution is -2.04. The molecule has 2 heteroatoms. The van der Waals surface area contributed by atoms with Crippen LogP contribution in [-0.2, 0) is 11.3 Å². The maximum atomic E-state index is 13.9. The minimum atomic E-state index is -0.142. The molecule has 1 aromatic rings. The fourth-order valence-corrected chi connectivity index (χ4v) is 1.82. The normalized spacial score (nSPS) is 11.5. The van der Waals surface area contributed by atoms with Gasteiger partial charge in [0, 0.05) is 12.7 Å². The minimum Gasteiger partial charge on any atom is -0.380 e. The molecular formula is C14H21FO. The van der Waals surface area contributed by atoms with Crippen LogP contribution in [0.3, 0.4) is 0 Å². The highest BCUT2D eigenvalue weighted by Crippen LogP contribution is 2.27. The summed E-state index contributed by atoms with van der Waals surface area (Å²) in [6.07, 6.45) is 0. The van der Waals surface area contributed by atoms with Crippen molar-refractivity contribution in [2.24, 2.45) is 0 Å². The van der Waals surface area contributed by atoms with Gasteiger partial charge in [0.1, 0.15) is 5.82 Å². The molecule has 0 saturated carbocycles. The quantitative estimate of drug-likeness (QED) is 0.744. The molecule has 0 saturated heterocycles. The third-order valence-electron chi connectivity index (χ3n) is 2.83. The monoisotopic (exact) mass is 224 g/mol. The Morgan fingerprint density at radius 2 is 1.75 bits per heavy atom. The summed E-state index contributed by atoms with van der Waals surface area (Å²) in [6, 6.07) is 3.73. The zero-order valence-corrected chi connectivity index (χ0v) is 10.8. The molecule has 0 heterocycles. The lowest BCUT2D eigenvalue weighted by atomic mass is 9.91. The fraction of sp³-hybridized carbons (Fsp3) is 0.571. The molecule has 0 aliphatic carbocycles. The van der Waals surface area contributed by atoms with E-state index >= 15 is 0 Å². The topological polar surface area (TPSA) is 9.23 Å². The number of halogens is 1. The zero-order valence-electron chi connectivity index (χ0n) is 10.8. The lowest BCUT2D eigenvalue weighted by molar-refractivity contribution is 0.180. The van der Waals surface area contributed by atoms with Crippen molar-refractivity contribution in [3.63, 3.8) is 0 Å². The van der Waals surface area contributed by atoms with Crippen LogP contribution in [0.25, 0.3) is 0 Å². The molecule has 1 aromatic carbocycles. The second kappa shape index (κ2) is 5.44. The number of hydrogen-bond donors (Lipinski definition) is 0. The van der Waals surface area contributed by atoms with E-state index in [1.807, 2.05) is 0 Å². The van der Waals surface area contributed by atoms with Gasteiger partial charge in [0.25, 0.3) is 0 Å². The van der Waals surface area contributed by atoms with Crippen molar-refractivity contribution in [3.05, 3.63) is 34.6 Å². The van der Waals surface area contributed by atoms with E-state index in [2.05, 4.69) is 33.8 Å². The summed E-state index contributed by atoms with van der Waals surface area (Å²) in [5.74, 6) is 0.527.